The first kappa shape index (κ1) is 21.0. The van der Waals surface area contributed by atoms with Crippen molar-refractivity contribution in [2.75, 3.05) is 11.9 Å². The predicted molar refractivity (Wildman–Crippen MR) is 118 cm³/mol. The molecule has 8 heteroatoms. The molecule has 2 aromatic heterocycles. The highest BCUT2D eigenvalue weighted by atomic mass is 79.9. The first-order valence-electron chi connectivity index (χ1n) is 9.09. The van der Waals surface area contributed by atoms with Gasteiger partial charge in [-0.2, -0.15) is 0 Å². The topological polar surface area (TPSA) is 55.4 Å². The van der Waals surface area contributed by atoms with Gasteiger partial charge in [0.05, 0.1) is 20.8 Å². The fourth-order valence-corrected chi connectivity index (χ4v) is 6.43. The molecule has 0 unspecified atom stereocenters. The van der Waals surface area contributed by atoms with E-state index in [1.807, 2.05) is 0 Å². The molecule has 27 heavy (non-hydrogen) atoms. The van der Waals surface area contributed by atoms with Crippen LogP contribution in [0.15, 0.2) is 14.3 Å². The molecular formula is C19H21Br2NO3S2. The highest BCUT2D eigenvalue weighted by molar-refractivity contribution is 9.13. The molecule has 0 atom stereocenters. The number of hydrogen-bond acceptors (Lipinski definition) is 5. The molecule has 0 fully saturated rings. The molecule has 0 aromatic carbocycles. The summed E-state index contributed by atoms with van der Waals surface area (Å²) in [4.78, 5) is 27.2. The van der Waals surface area contributed by atoms with Crippen molar-refractivity contribution in [3.63, 3.8) is 0 Å². The van der Waals surface area contributed by atoms with Crippen LogP contribution < -0.4 is 5.32 Å². The van der Waals surface area contributed by atoms with Gasteiger partial charge in [-0.1, -0.05) is 19.3 Å². The van der Waals surface area contributed by atoms with Crippen LogP contribution in [-0.4, -0.2) is 18.5 Å². The maximum atomic E-state index is 12.7. The van der Waals surface area contributed by atoms with Gasteiger partial charge in [0.25, 0.3) is 5.91 Å². The molecule has 0 saturated carbocycles. The Morgan fingerprint density at radius 3 is 2.48 bits per heavy atom. The molecule has 4 nitrogen and oxygen atoms in total. The van der Waals surface area contributed by atoms with E-state index in [0.717, 1.165) is 39.5 Å². The lowest BCUT2D eigenvalue weighted by molar-refractivity contribution is 0.0527. The van der Waals surface area contributed by atoms with Crippen LogP contribution in [0.2, 0.25) is 0 Å². The van der Waals surface area contributed by atoms with E-state index in [2.05, 4.69) is 37.2 Å². The highest BCUT2D eigenvalue weighted by Gasteiger charge is 2.26. The minimum absolute atomic E-state index is 0.205. The SMILES string of the molecule is CCOC(=O)c1c(NC(=O)c2cc(Br)c(Br)s2)sc2c1CCCCCCC2. The van der Waals surface area contributed by atoms with Crippen LogP contribution in [0.3, 0.4) is 0 Å². The summed E-state index contributed by atoms with van der Waals surface area (Å²) in [5.74, 6) is -0.540. The number of fused-ring (bicyclic) bond motifs is 1. The number of thiophene rings is 2. The number of hydrogen-bond donors (Lipinski definition) is 1. The molecule has 0 spiro atoms. The van der Waals surface area contributed by atoms with Gasteiger partial charge < -0.3 is 10.1 Å². The molecule has 146 valence electrons. The van der Waals surface area contributed by atoms with E-state index >= 15 is 0 Å². The number of halogens is 2. The Hall–Kier alpha value is -0.700. The van der Waals surface area contributed by atoms with E-state index in [9.17, 15) is 9.59 Å². The van der Waals surface area contributed by atoms with Crippen molar-refractivity contribution in [2.24, 2.45) is 0 Å². The summed E-state index contributed by atoms with van der Waals surface area (Å²) in [6.45, 7) is 2.12. The number of aryl methyl sites for hydroxylation is 1. The molecule has 0 aliphatic heterocycles. The number of carbonyl (C=O) groups excluding carboxylic acids is 2. The fraction of sp³-hybridized carbons (Fsp3) is 0.474. The molecule has 0 saturated heterocycles. The van der Waals surface area contributed by atoms with Crippen molar-refractivity contribution in [1.82, 2.24) is 0 Å². The Morgan fingerprint density at radius 2 is 1.81 bits per heavy atom. The van der Waals surface area contributed by atoms with E-state index in [4.69, 9.17) is 4.74 Å². The second-order valence-electron chi connectivity index (χ2n) is 6.38. The molecule has 1 aliphatic rings. The average molecular weight is 535 g/mol. The van der Waals surface area contributed by atoms with Gasteiger partial charge in [0.1, 0.15) is 5.00 Å². The third-order valence-corrected chi connectivity index (χ3v) is 8.96. The zero-order chi connectivity index (χ0) is 19.4. The highest BCUT2D eigenvalue weighted by Crippen LogP contribution is 2.38. The normalized spacial score (nSPS) is 14.6. The van der Waals surface area contributed by atoms with E-state index in [-0.39, 0.29) is 11.9 Å². The van der Waals surface area contributed by atoms with E-state index in [1.165, 1.54) is 46.8 Å². The predicted octanol–water partition coefficient (Wildman–Crippen LogP) is 6.81. The third kappa shape index (κ3) is 5.02. The minimum Gasteiger partial charge on any atom is -0.462 e. The van der Waals surface area contributed by atoms with Gasteiger partial charge in [-0.3, -0.25) is 4.79 Å². The summed E-state index contributed by atoms with van der Waals surface area (Å²) in [6.07, 6.45) is 7.64. The van der Waals surface area contributed by atoms with Crippen molar-refractivity contribution in [2.45, 2.75) is 51.9 Å². The Kier molecular flexibility index (Phi) is 7.53. The summed E-state index contributed by atoms with van der Waals surface area (Å²) in [7, 11) is 0. The fourth-order valence-electron chi connectivity index (χ4n) is 3.23. The van der Waals surface area contributed by atoms with Crippen molar-refractivity contribution < 1.29 is 14.3 Å². The zero-order valence-corrected chi connectivity index (χ0v) is 19.8. The number of rotatable bonds is 4. The first-order valence-corrected chi connectivity index (χ1v) is 12.3. The van der Waals surface area contributed by atoms with Crippen LogP contribution in [0.4, 0.5) is 5.00 Å². The van der Waals surface area contributed by atoms with Gasteiger partial charge in [0.2, 0.25) is 0 Å². The molecule has 2 aromatic rings. The second kappa shape index (κ2) is 9.67. The van der Waals surface area contributed by atoms with Crippen molar-refractivity contribution in [3.8, 4) is 0 Å². The summed E-state index contributed by atoms with van der Waals surface area (Å²) in [6, 6.07) is 1.78. The molecule has 3 rings (SSSR count). The zero-order valence-electron chi connectivity index (χ0n) is 15.0. The van der Waals surface area contributed by atoms with Crippen LogP contribution in [0, 0.1) is 0 Å². The number of amides is 1. The Morgan fingerprint density at radius 1 is 1.11 bits per heavy atom. The number of carbonyl (C=O) groups is 2. The summed E-state index contributed by atoms with van der Waals surface area (Å²) >= 11 is 9.72. The smallest absolute Gasteiger partial charge is 0.341 e. The van der Waals surface area contributed by atoms with Gasteiger partial charge >= 0.3 is 5.97 Å². The van der Waals surface area contributed by atoms with Gasteiger partial charge in [0, 0.05) is 9.35 Å². The van der Waals surface area contributed by atoms with Crippen molar-refractivity contribution in [1.29, 1.82) is 0 Å². The lowest BCUT2D eigenvalue weighted by Gasteiger charge is -2.08. The van der Waals surface area contributed by atoms with E-state index in [1.54, 1.807) is 13.0 Å². The van der Waals surface area contributed by atoms with Gasteiger partial charge in [-0.25, -0.2) is 4.79 Å². The van der Waals surface area contributed by atoms with Crippen LogP contribution in [0.5, 0.6) is 0 Å². The molecule has 1 N–H and O–H groups in total. The lowest BCUT2D eigenvalue weighted by Crippen LogP contribution is -2.14. The third-order valence-electron chi connectivity index (χ3n) is 4.50. The summed E-state index contributed by atoms with van der Waals surface area (Å²) in [5, 5.41) is 3.58. The minimum atomic E-state index is -0.335. The first-order chi connectivity index (χ1) is 13.0. The quantitative estimate of drug-likeness (QED) is 0.438. The monoisotopic (exact) mass is 533 g/mol. The van der Waals surface area contributed by atoms with Crippen molar-refractivity contribution >= 4 is 71.4 Å². The van der Waals surface area contributed by atoms with Crippen LogP contribution in [0.1, 0.15) is 69.5 Å². The lowest BCUT2D eigenvalue weighted by atomic mass is 10.0. The standard InChI is InChI=1S/C19H21Br2NO3S2/c1-2-25-19(24)15-11-8-6-4-3-5-7-9-13(11)27-18(15)22-17(23)14-10-12(20)16(21)26-14/h10H,2-9H2,1H3,(H,22,23). The number of esters is 1. The summed E-state index contributed by atoms with van der Waals surface area (Å²) < 4.78 is 7.02. The Balaban J connectivity index is 1.95. The maximum absolute atomic E-state index is 12.7. The molecule has 2 heterocycles. The second-order valence-corrected chi connectivity index (χ2v) is 10.7. The Bertz CT molecular complexity index is 825. The van der Waals surface area contributed by atoms with Gasteiger partial charge in [-0.05, 0) is 76.1 Å². The molecule has 1 amide bonds. The van der Waals surface area contributed by atoms with Crippen LogP contribution in [0.25, 0.3) is 0 Å². The molecule has 0 radical (unpaired) electrons. The molecule has 0 bridgehead atoms. The molecule has 1 aliphatic carbocycles. The molecular weight excluding hydrogens is 514 g/mol. The average Bonchev–Trinajstić information content (AvgIpc) is 3.16. The van der Waals surface area contributed by atoms with Crippen LogP contribution in [-0.2, 0) is 17.6 Å². The van der Waals surface area contributed by atoms with Gasteiger partial charge in [-0.15, -0.1) is 22.7 Å². The number of nitrogens with one attached hydrogen (secondary N) is 1. The largest absolute Gasteiger partial charge is 0.462 e. The van der Waals surface area contributed by atoms with Crippen LogP contribution >= 0.6 is 54.5 Å². The van der Waals surface area contributed by atoms with Crippen molar-refractivity contribution in [3.05, 3.63) is 35.2 Å². The Labute approximate surface area is 183 Å². The summed E-state index contributed by atoms with van der Waals surface area (Å²) in [5.41, 5.74) is 1.63. The van der Waals surface area contributed by atoms with E-state index in [0.29, 0.717) is 22.0 Å². The van der Waals surface area contributed by atoms with Gasteiger partial charge in [0.15, 0.2) is 0 Å². The van der Waals surface area contributed by atoms with E-state index < -0.39 is 0 Å². The number of anilines is 1. The maximum Gasteiger partial charge on any atom is 0.341 e. The number of ether oxygens (including phenoxy) is 1.